The Kier molecular flexibility index (Phi) is 3.08. The van der Waals surface area contributed by atoms with Crippen LogP contribution in [0.25, 0.3) is 33.5 Å². The monoisotopic (exact) mass is 304 g/mol. The lowest BCUT2D eigenvalue weighted by molar-refractivity contribution is 0.959. The Labute approximate surface area is 133 Å². The van der Waals surface area contributed by atoms with Gasteiger partial charge in [0.25, 0.3) is 0 Å². The summed E-state index contributed by atoms with van der Waals surface area (Å²) < 4.78 is 0. The molecule has 0 bridgehead atoms. The molecule has 4 aromatic rings. The number of fused-ring (bicyclic) bond motifs is 1. The number of benzene rings is 2. The van der Waals surface area contributed by atoms with Crippen molar-refractivity contribution in [3.05, 3.63) is 48.5 Å². The van der Waals surface area contributed by atoms with Crippen LogP contribution in [0.15, 0.2) is 48.5 Å². The highest BCUT2D eigenvalue weighted by atomic mass is 15.3. The molecule has 2 aromatic heterocycles. The summed E-state index contributed by atoms with van der Waals surface area (Å²) in [5.41, 5.74) is 6.93. The maximum Gasteiger partial charge on any atom is 0.113 e. The quantitative estimate of drug-likeness (QED) is 0.610. The van der Waals surface area contributed by atoms with E-state index in [2.05, 4.69) is 54.8 Å². The van der Waals surface area contributed by atoms with Crippen LogP contribution in [0, 0.1) is 0 Å². The van der Waals surface area contributed by atoms with Crippen LogP contribution < -0.4 is 4.90 Å². The summed E-state index contributed by atoms with van der Waals surface area (Å²) in [5.74, 6) is 0. The van der Waals surface area contributed by atoms with Crippen LogP contribution >= 0.6 is 0 Å². The summed E-state index contributed by atoms with van der Waals surface area (Å²) in [6.45, 7) is 0. The molecule has 0 unspecified atom stereocenters. The Morgan fingerprint density at radius 3 is 2.43 bits per heavy atom. The lowest BCUT2D eigenvalue weighted by Crippen LogP contribution is -2.07. The van der Waals surface area contributed by atoms with Crippen LogP contribution in [-0.2, 0) is 0 Å². The Hall–Kier alpha value is -3.15. The normalized spacial score (nSPS) is 11.0. The summed E-state index contributed by atoms with van der Waals surface area (Å²) in [5, 5.41) is 18.2. The van der Waals surface area contributed by atoms with Crippen molar-refractivity contribution in [2.75, 3.05) is 19.0 Å². The molecule has 23 heavy (non-hydrogen) atoms. The van der Waals surface area contributed by atoms with Crippen LogP contribution in [0.3, 0.4) is 0 Å². The molecule has 0 radical (unpaired) electrons. The SMILES string of the molecule is CN(C)c1ccc(-c2cc(-c3ccc4[nH]nnc4c3)n[nH]2)cc1. The fourth-order valence-electron chi connectivity index (χ4n) is 2.56. The zero-order chi connectivity index (χ0) is 15.8. The largest absolute Gasteiger partial charge is 0.378 e. The van der Waals surface area contributed by atoms with Gasteiger partial charge in [-0.25, -0.2) is 0 Å². The molecular weight excluding hydrogens is 288 g/mol. The topological polar surface area (TPSA) is 73.5 Å². The molecule has 0 saturated heterocycles. The van der Waals surface area contributed by atoms with Gasteiger partial charge in [0.1, 0.15) is 5.52 Å². The standard InChI is InChI=1S/C17H16N6/c1-23(2)13-6-3-11(4-7-13)15-10-16(19-18-15)12-5-8-14-17(9-12)21-22-20-14/h3-10H,1-2H3,(H,18,19)(H,20,21,22). The maximum absolute atomic E-state index is 4.42. The van der Waals surface area contributed by atoms with Crippen molar-refractivity contribution in [1.82, 2.24) is 25.6 Å². The molecule has 2 heterocycles. The highest BCUT2D eigenvalue weighted by Gasteiger charge is 2.08. The second-order valence-electron chi connectivity index (χ2n) is 5.65. The van der Waals surface area contributed by atoms with E-state index in [0.717, 1.165) is 33.5 Å². The molecule has 4 rings (SSSR count). The highest BCUT2D eigenvalue weighted by Crippen LogP contribution is 2.26. The highest BCUT2D eigenvalue weighted by molar-refractivity contribution is 5.81. The van der Waals surface area contributed by atoms with Crippen LogP contribution in [0.4, 0.5) is 5.69 Å². The number of aromatic nitrogens is 5. The predicted octanol–water partition coefficient (Wildman–Crippen LogP) is 3.08. The van der Waals surface area contributed by atoms with Gasteiger partial charge in [-0.05, 0) is 35.9 Å². The van der Waals surface area contributed by atoms with Crippen LogP contribution in [-0.4, -0.2) is 39.7 Å². The fraction of sp³-hybridized carbons (Fsp3) is 0.118. The summed E-state index contributed by atoms with van der Waals surface area (Å²) in [6, 6.07) is 16.4. The van der Waals surface area contributed by atoms with Gasteiger partial charge in [0, 0.05) is 25.3 Å². The Morgan fingerprint density at radius 2 is 1.65 bits per heavy atom. The second kappa shape index (κ2) is 5.24. The molecule has 2 aromatic carbocycles. The van der Waals surface area contributed by atoms with Gasteiger partial charge in [0.2, 0.25) is 0 Å². The summed E-state index contributed by atoms with van der Waals surface area (Å²) in [4.78, 5) is 2.08. The second-order valence-corrected chi connectivity index (χ2v) is 5.65. The van der Waals surface area contributed by atoms with Crippen molar-refractivity contribution in [2.24, 2.45) is 0 Å². The molecule has 0 aliphatic carbocycles. The van der Waals surface area contributed by atoms with Crippen molar-refractivity contribution in [1.29, 1.82) is 0 Å². The number of nitrogens with one attached hydrogen (secondary N) is 2. The fourth-order valence-corrected chi connectivity index (χ4v) is 2.56. The van der Waals surface area contributed by atoms with Gasteiger partial charge >= 0.3 is 0 Å². The molecule has 0 aliphatic rings. The summed E-state index contributed by atoms with van der Waals surface area (Å²) in [7, 11) is 4.06. The van der Waals surface area contributed by atoms with Crippen molar-refractivity contribution in [3.63, 3.8) is 0 Å². The lowest BCUT2D eigenvalue weighted by atomic mass is 10.1. The van der Waals surface area contributed by atoms with E-state index in [9.17, 15) is 0 Å². The van der Waals surface area contributed by atoms with Gasteiger partial charge in [0.05, 0.1) is 16.9 Å². The van der Waals surface area contributed by atoms with E-state index < -0.39 is 0 Å². The van der Waals surface area contributed by atoms with Crippen molar-refractivity contribution >= 4 is 16.7 Å². The van der Waals surface area contributed by atoms with Crippen molar-refractivity contribution < 1.29 is 0 Å². The minimum absolute atomic E-state index is 0.836. The molecule has 2 N–H and O–H groups in total. The van der Waals surface area contributed by atoms with Crippen LogP contribution in [0.5, 0.6) is 0 Å². The van der Waals surface area contributed by atoms with E-state index in [1.807, 2.05) is 38.4 Å². The van der Waals surface area contributed by atoms with Gasteiger partial charge < -0.3 is 4.90 Å². The van der Waals surface area contributed by atoms with E-state index in [0.29, 0.717) is 0 Å². The molecular formula is C17H16N6. The van der Waals surface area contributed by atoms with E-state index in [-0.39, 0.29) is 0 Å². The van der Waals surface area contributed by atoms with Gasteiger partial charge in [-0.15, -0.1) is 5.10 Å². The first-order chi connectivity index (χ1) is 11.2. The van der Waals surface area contributed by atoms with Gasteiger partial charge in [-0.2, -0.15) is 5.10 Å². The number of nitrogens with zero attached hydrogens (tertiary/aromatic N) is 4. The van der Waals surface area contributed by atoms with E-state index >= 15 is 0 Å². The first kappa shape index (κ1) is 13.5. The number of hydrogen-bond donors (Lipinski definition) is 2. The van der Waals surface area contributed by atoms with E-state index in [1.54, 1.807) is 0 Å². The average molecular weight is 304 g/mol. The molecule has 0 saturated carbocycles. The predicted molar refractivity (Wildman–Crippen MR) is 91.2 cm³/mol. The third-order valence-electron chi connectivity index (χ3n) is 3.89. The Morgan fingerprint density at radius 1 is 0.870 bits per heavy atom. The van der Waals surface area contributed by atoms with Crippen LogP contribution in [0.1, 0.15) is 0 Å². The third kappa shape index (κ3) is 2.44. The van der Waals surface area contributed by atoms with Gasteiger partial charge in [0.15, 0.2) is 0 Å². The molecule has 6 nitrogen and oxygen atoms in total. The van der Waals surface area contributed by atoms with E-state index in [4.69, 9.17) is 0 Å². The molecule has 6 heteroatoms. The maximum atomic E-state index is 4.42. The smallest absolute Gasteiger partial charge is 0.113 e. The minimum atomic E-state index is 0.836. The van der Waals surface area contributed by atoms with Crippen molar-refractivity contribution in [3.8, 4) is 22.5 Å². The Bertz CT molecular complexity index is 949. The number of H-pyrrole nitrogens is 2. The average Bonchev–Trinajstić information content (AvgIpc) is 3.23. The molecule has 0 amide bonds. The van der Waals surface area contributed by atoms with Gasteiger partial charge in [-0.1, -0.05) is 23.4 Å². The number of rotatable bonds is 3. The molecule has 0 atom stereocenters. The van der Waals surface area contributed by atoms with E-state index in [1.165, 1.54) is 5.69 Å². The molecule has 0 spiro atoms. The van der Waals surface area contributed by atoms with Crippen molar-refractivity contribution in [2.45, 2.75) is 0 Å². The number of anilines is 1. The summed E-state index contributed by atoms with van der Waals surface area (Å²) >= 11 is 0. The van der Waals surface area contributed by atoms with Gasteiger partial charge in [-0.3, -0.25) is 10.2 Å². The van der Waals surface area contributed by atoms with Crippen LogP contribution in [0.2, 0.25) is 0 Å². The number of hydrogen-bond acceptors (Lipinski definition) is 4. The summed E-state index contributed by atoms with van der Waals surface area (Å²) in [6.07, 6.45) is 0. The molecule has 0 fully saturated rings. The lowest BCUT2D eigenvalue weighted by Gasteiger charge is -2.12. The molecule has 0 aliphatic heterocycles. The zero-order valence-electron chi connectivity index (χ0n) is 12.9. The first-order valence-electron chi connectivity index (χ1n) is 7.35. The minimum Gasteiger partial charge on any atom is -0.378 e. The molecule has 114 valence electrons. The Balaban J connectivity index is 1.67. The number of aromatic amines is 2. The third-order valence-corrected chi connectivity index (χ3v) is 3.89. The first-order valence-corrected chi connectivity index (χ1v) is 7.35. The zero-order valence-corrected chi connectivity index (χ0v) is 12.9.